The maximum Gasteiger partial charge on any atom is 0.264 e. The number of nitrogens with zero attached hydrogens (tertiary/aromatic N) is 1. The van der Waals surface area contributed by atoms with E-state index in [0.29, 0.717) is 0 Å². The van der Waals surface area contributed by atoms with E-state index < -0.39 is 30.5 Å². The summed E-state index contributed by atoms with van der Waals surface area (Å²) in [6, 6.07) is 0. The Balaban J connectivity index is 2.98. The Kier molecular flexibility index (Phi) is 5.72. The first-order valence-electron chi connectivity index (χ1n) is 5.71. The van der Waals surface area contributed by atoms with Crippen LogP contribution < -0.4 is 5.32 Å². The molecule has 1 saturated heterocycles. The number of halogens is 2. The Bertz CT molecular complexity index is 499. The molecule has 0 spiro atoms. The summed E-state index contributed by atoms with van der Waals surface area (Å²) < 4.78 is 33.4. The molecule has 4 unspecified atom stereocenters. The summed E-state index contributed by atoms with van der Waals surface area (Å²) in [6.07, 6.45) is 3.71. The van der Waals surface area contributed by atoms with Gasteiger partial charge in [-0.2, -0.15) is 0 Å². The summed E-state index contributed by atoms with van der Waals surface area (Å²) >= 11 is 9.40. The van der Waals surface area contributed by atoms with Crippen molar-refractivity contribution in [1.82, 2.24) is 10.2 Å². The molecule has 4 atom stereocenters. The minimum Gasteiger partial charge on any atom is -0.390 e. The molecule has 1 aliphatic heterocycles. The van der Waals surface area contributed by atoms with Gasteiger partial charge in [0.2, 0.25) is 5.67 Å². The van der Waals surface area contributed by atoms with Gasteiger partial charge < -0.3 is 25.2 Å². The van der Waals surface area contributed by atoms with Crippen LogP contribution in [0.25, 0.3) is 0 Å². The van der Waals surface area contributed by atoms with Crippen LogP contribution in [0, 0.1) is 12.3 Å². The summed E-state index contributed by atoms with van der Waals surface area (Å²) in [7, 11) is 1.35. The molecule has 5 nitrogen and oxygen atoms in total. The molecular weight excluding hydrogens is 322 g/mol. The molecule has 0 aromatic heterocycles. The number of alkyl halides is 2. The van der Waals surface area contributed by atoms with Gasteiger partial charge in [-0.05, 0) is 6.08 Å². The number of aliphatic hydroxyl groups excluding tert-OH is 2. The summed E-state index contributed by atoms with van der Waals surface area (Å²) in [4.78, 5) is 1.33. The predicted octanol–water partition coefficient (Wildman–Crippen LogP) is 0.0229. The van der Waals surface area contributed by atoms with Crippen molar-refractivity contribution in [3.63, 3.8) is 0 Å². The molecule has 116 valence electrons. The van der Waals surface area contributed by atoms with Crippen LogP contribution in [-0.2, 0) is 4.74 Å². The average molecular weight is 336 g/mol. The second-order valence-electron chi connectivity index (χ2n) is 4.34. The van der Waals surface area contributed by atoms with Crippen molar-refractivity contribution in [1.29, 1.82) is 0 Å². The molecule has 9 heteroatoms. The van der Waals surface area contributed by atoms with Crippen LogP contribution in [0.2, 0.25) is 0 Å². The van der Waals surface area contributed by atoms with Gasteiger partial charge >= 0.3 is 0 Å². The van der Waals surface area contributed by atoms with Crippen molar-refractivity contribution < 1.29 is 23.7 Å². The number of hydrogen-bond donors (Lipinski definition) is 3. The van der Waals surface area contributed by atoms with Gasteiger partial charge in [0.05, 0.1) is 5.49 Å². The number of thiocarbonyl (C=S) groups is 2. The van der Waals surface area contributed by atoms with E-state index in [9.17, 15) is 13.9 Å². The normalized spacial score (nSPS) is 35.4. The van der Waals surface area contributed by atoms with Crippen LogP contribution in [0.5, 0.6) is 0 Å². The Morgan fingerprint density at radius 3 is 2.71 bits per heavy atom. The van der Waals surface area contributed by atoms with E-state index >= 15 is 0 Å². The van der Waals surface area contributed by atoms with Gasteiger partial charge in [0.1, 0.15) is 11.6 Å². The predicted molar refractivity (Wildman–Crippen MR) is 80.8 cm³/mol. The van der Waals surface area contributed by atoms with E-state index in [-0.39, 0.29) is 4.99 Å². The third-order valence-corrected chi connectivity index (χ3v) is 3.31. The highest BCUT2D eigenvalue weighted by Gasteiger charge is 2.66. The van der Waals surface area contributed by atoms with Crippen molar-refractivity contribution in [2.45, 2.75) is 23.9 Å². The van der Waals surface area contributed by atoms with Crippen LogP contribution in [0.1, 0.15) is 0 Å². The molecule has 0 saturated carbocycles. The topological polar surface area (TPSA) is 65.0 Å². The third-order valence-electron chi connectivity index (χ3n) is 2.94. The molecule has 0 amide bonds. The monoisotopic (exact) mass is 336 g/mol. The van der Waals surface area contributed by atoms with Crippen molar-refractivity contribution in [2.24, 2.45) is 0 Å². The fourth-order valence-electron chi connectivity index (χ4n) is 1.81. The van der Waals surface area contributed by atoms with Crippen molar-refractivity contribution >= 4 is 34.9 Å². The number of aliphatic hydroxyl groups is 2. The molecule has 0 aliphatic carbocycles. The standard InChI is InChI=1S/C12H14F2N2O3S2/c1-3-11(13)9(18)12(14,6-17)19-10(11)16(2)5-4-8(21)15-7-20/h1,4-5,7,9-10,17-18H,6H2,2H3,(H,15,20,21)/b5-4-. The summed E-state index contributed by atoms with van der Waals surface area (Å²) in [5.74, 6) is -1.30. The Labute approximate surface area is 131 Å². The highest BCUT2D eigenvalue weighted by atomic mass is 32.1. The molecular formula is C12H14F2N2O3S2. The molecule has 1 rings (SSSR count). The van der Waals surface area contributed by atoms with Crippen LogP contribution in [-0.4, -0.2) is 63.1 Å². The summed E-state index contributed by atoms with van der Waals surface area (Å²) in [5.41, 5.74) is -1.66. The molecule has 1 fully saturated rings. The van der Waals surface area contributed by atoms with E-state index in [4.69, 9.17) is 28.5 Å². The first-order chi connectivity index (χ1) is 9.75. The Morgan fingerprint density at radius 1 is 1.62 bits per heavy atom. The minimum absolute atomic E-state index is 0.231. The quantitative estimate of drug-likeness (QED) is 0.372. The zero-order valence-electron chi connectivity index (χ0n) is 11.0. The van der Waals surface area contributed by atoms with E-state index in [1.165, 1.54) is 24.8 Å². The van der Waals surface area contributed by atoms with E-state index in [1.807, 2.05) is 0 Å². The SMILES string of the molecule is C#CC1(F)C(N(C)/C=C\C(=S)NC=S)OC(F)(CO)C1O. The molecule has 0 aromatic carbocycles. The van der Waals surface area contributed by atoms with Crippen molar-refractivity contribution in [2.75, 3.05) is 13.7 Å². The van der Waals surface area contributed by atoms with Gasteiger partial charge in [-0.15, -0.1) is 6.42 Å². The third kappa shape index (κ3) is 3.36. The number of rotatable bonds is 5. The smallest absolute Gasteiger partial charge is 0.264 e. The average Bonchev–Trinajstić information content (AvgIpc) is 2.68. The van der Waals surface area contributed by atoms with Gasteiger partial charge in [0.15, 0.2) is 12.3 Å². The fraction of sp³-hybridized carbons (Fsp3) is 0.500. The van der Waals surface area contributed by atoms with E-state index in [0.717, 1.165) is 4.90 Å². The minimum atomic E-state index is -2.99. The Hall–Kier alpha value is -1.18. The fourth-order valence-corrected chi connectivity index (χ4v) is 2.13. The first-order valence-corrected chi connectivity index (χ1v) is 6.59. The lowest BCUT2D eigenvalue weighted by Gasteiger charge is -2.29. The molecule has 0 radical (unpaired) electrons. The lowest BCUT2D eigenvalue weighted by atomic mass is 9.95. The second kappa shape index (κ2) is 6.72. The maximum absolute atomic E-state index is 14.6. The Morgan fingerprint density at radius 2 is 2.24 bits per heavy atom. The zero-order valence-corrected chi connectivity index (χ0v) is 12.6. The van der Waals surface area contributed by atoms with Gasteiger partial charge in [-0.3, -0.25) is 0 Å². The largest absolute Gasteiger partial charge is 0.390 e. The zero-order chi connectivity index (χ0) is 16.3. The van der Waals surface area contributed by atoms with Crippen LogP contribution in [0.3, 0.4) is 0 Å². The molecule has 21 heavy (non-hydrogen) atoms. The number of nitrogens with one attached hydrogen (secondary N) is 1. The molecule has 3 N–H and O–H groups in total. The lowest BCUT2D eigenvalue weighted by Crippen LogP contribution is -2.50. The lowest BCUT2D eigenvalue weighted by molar-refractivity contribution is -0.210. The highest BCUT2D eigenvalue weighted by molar-refractivity contribution is 7.81. The van der Waals surface area contributed by atoms with Gasteiger partial charge in [-0.1, -0.05) is 30.4 Å². The number of terminal acetylenes is 1. The van der Waals surface area contributed by atoms with E-state index in [1.54, 1.807) is 5.92 Å². The first kappa shape index (κ1) is 17.9. The second-order valence-corrected chi connectivity index (χ2v) is 5.01. The van der Waals surface area contributed by atoms with Gasteiger partial charge in [-0.25, -0.2) is 8.78 Å². The van der Waals surface area contributed by atoms with Gasteiger partial charge in [0, 0.05) is 13.2 Å². The molecule has 1 aliphatic rings. The highest BCUT2D eigenvalue weighted by Crippen LogP contribution is 2.42. The number of hydrogen-bond acceptors (Lipinski definition) is 6. The van der Waals surface area contributed by atoms with Crippen molar-refractivity contribution in [3.8, 4) is 12.3 Å². The van der Waals surface area contributed by atoms with Crippen molar-refractivity contribution in [3.05, 3.63) is 12.3 Å². The molecule has 0 aromatic rings. The summed E-state index contributed by atoms with van der Waals surface area (Å²) in [6.45, 7) is -1.24. The van der Waals surface area contributed by atoms with Crippen LogP contribution in [0.4, 0.5) is 8.78 Å². The molecule has 1 heterocycles. The van der Waals surface area contributed by atoms with Crippen LogP contribution >= 0.6 is 24.4 Å². The van der Waals surface area contributed by atoms with Gasteiger partial charge in [0.25, 0.3) is 5.85 Å². The molecule has 0 bridgehead atoms. The maximum atomic E-state index is 14.6. The van der Waals surface area contributed by atoms with Crippen LogP contribution in [0.15, 0.2) is 12.3 Å². The number of ether oxygens (including phenoxy) is 1. The van der Waals surface area contributed by atoms with E-state index in [2.05, 4.69) is 17.5 Å². The summed E-state index contributed by atoms with van der Waals surface area (Å²) in [5, 5.41) is 21.1.